The lowest BCUT2D eigenvalue weighted by molar-refractivity contribution is 0.191. The van der Waals surface area contributed by atoms with Crippen LogP contribution in [0.25, 0.3) is 0 Å². The van der Waals surface area contributed by atoms with Crippen LogP contribution in [0.3, 0.4) is 0 Å². The smallest absolute Gasteiger partial charge is 0.0474 e. The van der Waals surface area contributed by atoms with E-state index in [2.05, 4.69) is 35.2 Å². The van der Waals surface area contributed by atoms with Crippen LogP contribution in [-0.2, 0) is 11.3 Å². The molecule has 0 fully saturated rings. The van der Waals surface area contributed by atoms with Gasteiger partial charge in [0.2, 0.25) is 0 Å². The summed E-state index contributed by atoms with van der Waals surface area (Å²) in [6.45, 7) is 6.01. The fourth-order valence-corrected chi connectivity index (χ4v) is 1.74. The van der Waals surface area contributed by atoms with Gasteiger partial charge in [0.15, 0.2) is 0 Å². The Hall–Kier alpha value is -0.970. The molecule has 0 saturated carbocycles. The molecule has 0 radical (unpaired) electrons. The Morgan fingerprint density at radius 2 is 2.33 bits per heavy atom. The first-order valence-electron chi connectivity index (χ1n) is 6.53. The van der Waals surface area contributed by atoms with Crippen LogP contribution in [-0.4, -0.2) is 49.8 Å². The molecule has 1 unspecified atom stereocenters. The van der Waals surface area contributed by atoms with Gasteiger partial charge in [0.25, 0.3) is 0 Å². The maximum absolute atomic E-state index is 5.02. The zero-order chi connectivity index (χ0) is 13.2. The van der Waals surface area contributed by atoms with Crippen molar-refractivity contribution in [1.82, 2.24) is 15.2 Å². The average Bonchev–Trinajstić information content (AvgIpc) is 2.39. The molecule has 0 aliphatic heterocycles. The first kappa shape index (κ1) is 15.1. The number of pyridine rings is 1. The standard InChI is InChI=1S/C14H25N3O/c1-13(10-15-8-5-9-18-3)17(2)12-14-6-4-7-16-11-14/h4,6-7,11,13,15H,5,8-10,12H2,1-3H3. The first-order valence-corrected chi connectivity index (χ1v) is 6.53. The summed E-state index contributed by atoms with van der Waals surface area (Å²) in [6.07, 6.45) is 4.80. The molecule has 0 aliphatic rings. The summed E-state index contributed by atoms with van der Waals surface area (Å²) in [7, 11) is 3.89. The van der Waals surface area contributed by atoms with Crippen LogP contribution in [0.5, 0.6) is 0 Å². The second kappa shape index (κ2) is 9.03. The van der Waals surface area contributed by atoms with Crippen molar-refractivity contribution in [3.63, 3.8) is 0 Å². The summed E-state index contributed by atoms with van der Waals surface area (Å²) < 4.78 is 5.02. The van der Waals surface area contributed by atoms with Crippen molar-refractivity contribution in [2.45, 2.75) is 25.9 Å². The number of aromatic nitrogens is 1. The van der Waals surface area contributed by atoms with Gasteiger partial charge in [-0.1, -0.05) is 6.07 Å². The highest BCUT2D eigenvalue weighted by atomic mass is 16.5. The molecule has 0 saturated heterocycles. The van der Waals surface area contributed by atoms with E-state index in [1.165, 1.54) is 5.56 Å². The van der Waals surface area contributed by atoms with Gasteiger partial charge in [-0.05, 0) is 38.6 Å². The molecule has 1 atom stereocenters. The lowest BCUT2D eigenvalue weighted by atomic mass is 10.2. The molecule has 1 heterocycles. The highest BCUT2D eigenvalue weighted by Gasteiger charge is 2.08. The van der Waals surface area contributed by atoms with Crippen molar-refractivity contribution in [3.05, 3.63) is 30.1 Å². The average molecular weight is 251 g/mol. The van der Waals surface area contributed by atoms with Crippen LogP contribution in [0.15, 0.2) is 24.5 Å². The summed E-state index contributed by atoms with van der Waals surface area (Å²) in [5.74, 6) is 0. The Bertz CT molecular complexity index is 305. The summed E-state index contributed by atoms with van der Waals surface area (Å²) in [5.41, 5.74) is 1.26. The van der Waals surface area contributed by atoms with Gasteiger partial charge in [0.1, 0.15) is 0 Å². The van der Waals surface area contributed by atoms with Crippen molar-refractivity contribution in [3.8, 4) is 0 Å². The molecule has 102 valence electrons. The zero-order valence-electron chi connectivity index (χ0n) is 11.7. The molecule has 0 spiro atoms. The lowest BCUT2D eigenvalue weighted by Gasteiger charge is -2.25. The van der Waals surface area contributed by atoms with Crippen molar-refractivity contribution < 1.29 is 4.74 Å². The third-order valence-corrected chi connectivity index (χ3v) is 3.05. The van der Waals surface area contributed by atoms with E-state index < -0.39 is 0 Å². The van der Waals surface area contributed by atoms with E-state index in [0.29, 0.717) is 6.04 Å². The minimum atomic E-state index is 0.507. The molecule has 4 heteroatoms. The Morgan fingerprint density at radius 3 is 3.00 bits per heavy atom. The monoisotopic (exact) mass is 251 g/mol. The number of methoxy groups -OCH3 is 1. The number of likely N-dealkylation sites (N-methyl/N-ethyl adjacent to an activating group) is 1. The SMILES string of the molecule is COCCCNCC(C)N(C)Cc1cccnc1. The second-order valence-electron chi connectivity index (χ2n) is 4.68. The number of nitrogens with zero attached hydrogens (tertiary/aromatic N) is 2. The molecule has 0 aliphatic carbocycles. The fourth-order valence-electron chi connectivity index (χ4n) is 1.74. The summed E-state index contributed by atoms with van der Waals surface area (Å²) in [4.78, 5) is 6.47. The number of hydrogen-bond donors (Lipinski definition) is 1. The normalized spacial score (nSPS) is 12.9. The van der Waals surface area contributed by atoms with Crippen LogP contribution in [0.1, 0.15) is 18.9 Å². The Labute approximate surface area is 110 Å². The molecule has 18 heavy (non-hydrogen) atoms. The minimum Gasteiger partial charge on any atom is -0.385 e. The van der Waals surface area contributed by atoms with Gasteiger partial charge in [0, 0.05) is 45.2 Å². The van der Waals surface area contributed by atoms with Crippen LogP contribution in [0, 0.1) is 0 Å². The van der Waals surface area contributed by atoms with Crippen LogP contribution >= 0.6 is 0 Å². The van der Waals surface area contributed by atoms with E-state index in [1.54, 1.807) is 7.11 Å². The summed E-state index contributed by atoms with van der Waals surface area (Å²) >= 11 is 0. The molecule has 1 aromatic heterocycles. The van der Waals surface area contributed by atoms with Crippen LogP contribution < -0.4 is 5.32 Å². The predicted molar refractivity (Wildman–Crippen MR) is 74.5 cm³/mol. The zero-order valence-corrected chi connectivity index (χ0v) is 11.7. The van der Waals surface area contributed by atoms with E-state index in [-0.39, 0.29) is 0 Å². The Kier molecular flexibility index (Phi) is 7.57. The topological polar surface area (TPSA) is 37.4 Å². The van der Waals surface area contributed by atoms with E-state index >= 15 is 0 Å². The third kappa shape index (κ3) is 6.10. The van der Waals surface area contributed by atoms with E-state index in [1.807, 2.05) is 18.5 Å². The van der Waals surface area contributed by atoms with Crippen molar-refractivity contribution in [2.75, 3.05) is 33.9 Å². The molecular formula is C14H25N3O. The van der Waals surface area contributed by atoms with Gasteiger partial charge in [-0.3, -0.25) is 9.88 Å². The van der Waals surface area contributed by atoms with E-state index in [9.17, 15) is 0 Å². The molecule has 1 rings (SSSR count). The van der Waals surface area contributed by atoms with E-state index in [4.69, 9.17) is 4.74 Å². The molecule has 1 N–H and O–H groups in total. The third-order valence-electron chi connectivity index (χ3n) is 3.05. The maximum atomic E-state index is 5.02. The fraction of sp³-hybridized carbons (Fsp3) is 0.643. The molecule has 4 nitrogen and oxygen atoms in total. The molecule has 1 aromatic rings. The van der Waals surface area contributed by atoms with Crippen molar-refractivity contribution in [1.29, 1.82) is 0 Å². The van der Waals surface area contributed by atoms with Crippen LogP contribution in [0.4, 0.5) is 0 Å². The lowest BCUT2D eigenvalue weighted by Crippen LogP contribution is -2.38. The van der Waals surface area contributed by atoms with Gasteiger partial charge in [-0.15, -0.1) is 0 Å². The maximum Gasteiger partial charge on any atom is 0.0474 e. The molecule has 0 aromatic carbocycles. The molecule has 0 amide bonds. The van der Waals surface area contributed by atoms with Gasteiger partial charge in [0.05, 0.1) is 0 Å². The van der Waals surface area contributed by atoms with Gasteiger partial charge in [-0.2, -0.15) is 0 Å². The summed E-state index contributed by atoms with van der Waals surface area (Å²) in [5, 5.41) is 3.45. The van der Waals surface area contributed by atoms with Crippen molar-refractivity contribution in [2.24, 2.45) is 0 Å². The Morgan fingerprint density at radius 1 is 1.50 bits per heavy atom. The first-order chi connectivity index (χ1) is 8.74. The Balaban J connectivity index is 2.18. The number of rotatable bonds is 9. The van der Waals surface area contributed by atoms with Gasteiger partial charge < -0.3 is 10.1 Å². The predicted octanol–water partition coefficient (Wildman–Crippen LogP) is 1.53. The quantitative estimate of drug-likeness (QED) is 0.675. The van der Waals surface area contributed by atoms with E-state index in [0.717, 1.165) is 32.7 Å². The van der Waals surface area contributed by atoms with Crippen molar-refractivity contribution >= 4 is 0 Å². The highest BCUT2D eigenvalue weighted by Crippen LogP contribution is 2.03. The number of hydrogen-bond acceptors (Lipinski definition) is 4. The number of nitrogens with one attached hydrogen (secondary N) is 1. The van der Waals surface area contributed by atoms with Crippen LogP contribution in [0.2, 0.25) is 0 Å². The molecule has 0 bridgehead atoms. The largest absolute Gasteiger partial charge is 0.385 e. The highest BCUT2D eigenvalue weighted by molar-refractivity contribution is 5.08. The van der Waals surface area contributed by atoms with Gasteiger partial charge >= 0.3 is 0 Å². The molecular weight excluding hydrogens is 226 g/mol. The summed E-state index contributed by atoms with van der Waals surface area (Å²) in [6, 6.07) is 4.60. The second-order valence-corrected chi connectivity index (χ2v) is 4.68. The minimum absolute atomic E-state index is 0.507. The number of ether oxygens (including phenoxy) is 1. The van der Waals surface area contributed by atoms with Gasteiger partial charge in [-0.25, -0.2) is 0 Å².